The molecular weight excluding hydrogens is 381 g/mol. The van der Waals surface area contributed by atoms with Crippen molar-refractivity contribution in [3.05, 3.63) is 49.6 Å². The van der Waals surface area contributed by atoms with Crippen LogP contribution in [0.3, 0.4) is 0 Å². The quantitative estimate of drug-likeness (QED) is 0.857. The normalized spacial score (nSPS) is 12.7. The molecule has 0 saturated heterocycles. The minimum absolute atomic E-state index is 0.0168. The molecule has 1 N–H and O–H groups in total. The van der Waals surface area contributed by atoms with Gasteiger partial charge in [0, 0.05) is 16.5 Å². The number of hydrogen-bond acceptors (Lipinski definition) is 2. The van der Waals surface area contributed by atoms with Gasteiger partial charge in [0.2, 0.25) is 0 Å². The van der Waals surface area contributed by atoms with Crippen molar-refractivity contribution in [2.75, 3.05) is 7.05 Å². The molecule has 1 aromatic heterocycles. The highest BCUT2D eigenvalue weighted by molar-refractivity contribution is 9.10. The van der Waals surface area contributed by atoms with Crippen LogP contribution in [0.4, 0.5) is 0 Å². The van der Waals surface area contributed by atoms with Crippen molar-refractivity contribution in [2.24, 2.45) is 7.05 Å². The Kier molecular flexibility index (Phi) is 4.48. The second-order valence-electron chi connectivity index (χ2n) is 3.89. The number of hydrogen-bond donors (Lipinski definition) is 1. The molecule has 18 heavy (non-hydrogen) atoms. The van der Waals surface area contributed by atoms with Gasteiger partial charge < -0.3 is 5.32 Å². The molecule has 0 aliphatic heterocycles. The van der Waals surface area contributed by atoms with Crippen LogP contribution in [-0.2, 0) is 7.05 Å². The first-order valence-electron chi connectivity index (χ1n) is 5.34. The molecular formula is C12H12Br2ClN3. The van der Waals surface area contributed by atoms with Gasteiger partial charge in [0.15, 0.2) is 0 Å². The van der Waals surface area contributed by atoms with Crippen LogP contribution < -0.4 is 5.32 Å². The average molecular weight is 394 g/mol. The van der Waals surface area contributed by atoms with E-state index in [-0.39, 0.29) is 6.04 Å². The number of nitrogens with one attached hydrogen (secondary N) is 1. The van der Waals surface area contributed by atoms with Crippen molar-refractivity contribution < 1.29 is 0 Å². The summed E-state index contributed by atoms with van der Waals surface area (Å²) >= 11 is 13.3. The summed E-state index contributed by atoms with van der Waals surface area (Å²) in [5, 5.41) is 8.24. The topological polar surface area (TPSA) is 29.9 Å². The summed E-state index contributed by atoms with van der Waals surface area (Å²) in [6.45, 7) is 0. The Labute approximate surface area is 128 Å². The predicted molar refractivity (Wildman–Crippen MR) is 81.0 cm³/mol. The van der Waals surface area contributed by atoms with E-state index < -0.39 is 0 Å². The van der Waals surface area contributed by atoms with Crippen LogP contribution in [0, 0.1) is 0 Å². The van der Waals surface area contributed by atoms with Gasteiger partial charge in [-0.1, -0.05) is 27.5 Å². The van der Waals surface area contributed by atoms with Crippen molar-refractivity contribution in [3.63, 3.8) is 0 Å². The zero-order chi connectivity index (χ0) is 13.3. The van der Waals surface area contributed by atoms with E-state index in [1.54, 1.807) is 6.20 Å². The molecule has 1 heterocycles. The fraction of sp³-hybridized carbons (Fsp3) is 0.250. The van der Waals surface area contributed by atoms with Gasteiger partial charge in [0.05, 0.1) is 22.4 Å². The second kappa shape index (κ2) is 5.74. The molecule has 0 fully saturated rings. The Bertz CT molecular complexity index is 549. The first-order chi connectivity index (χ1) is 8.54. The van der Waals surface area contributed by atoms with Crippen molar-refractivity contribution in [1.29, 1.82) is 0 Å². The second-order valence-corrected chi connectivity index (χ2v) is 6.07. The highest BCUT2D eigenvalue weighted by Crippen LogP contribution is 2.33. The number of rotatable bonds is 3. The number of benzene rings is 1. The summed E-state index contributed by atoms with van der Waals surface area (Å²) in [5.74, 6) is 0. The Morgan fingerprint density at radius 2 is 2.11 bits per heavy atom. The summed E-state index contributed by atoms with van der Waals surface area (Å²) in [6.07, 6.45) is 1.78. The third-order valence-corrected chi connectivity index (χ3v) is 4.22. The summed E-state index contributed by atoms with van der Waals surface area (Å²) in [6, 6.07) is 5.81. The molecule has 0 spiro atoms. The van der Waals surface area contributed by atoms with E-state index in [0.29, 0.717) is 0 Å². The molecule has 1 aromatic carbocycles. The van der Waals surface area contributed by atoms with E-state index in [1.807, 2.05) is 37.0 Å². The lowest BCUT2D eigenvalue weighted by Crippen LogP contribution is -2.21. The predicted octanol–water partition coefficient (Wildman–Crippen LogP) is 3.91. The van der Waals surface area contributed by atoms with Crippen molar-refractivity contribution in [3.8, 4) is 0 Å². The van der Waals surface area contributed by atoms with Gasteiger partial charge in [0.25, 0.3) is 0 Å². The fourth-order valence-corrected chi connectivity index (χ4v) is 3.10. The Morgan fingerprint density at radius 1 is 1.39 bits per heavy atom. The highest BCUT2D eigenvalue weighted by Gasteiger charge is 2.21. The van der Waals surface area contributed by atoms with Crippen LogP contribution in [0.1, 0.15) is 17.3 Å². The maximum absolute atomic E-state index is 6.29. The molecule has 0 amide bonds. The van der Waals surface area contributed by atoms with E-state index in [1.165, 1.54) is 0 Å². The zero-order valence-corrected chi connectivity index (χ0v) is 13.8. The minimum Gasteiger partial charge on any atom is -0.308 e. The summed E-state index contributed by atoms with van der Waals surface area (Å²) in [4.78, 5) is 0. The third kappa shape index (κ3) is 2.64. The van der Waals surface area contributed by atoms with Gasteiger partial charge in [0.1, 0.15) is 0 Å². The molecule has 96 valence electrons. The molecule has 0 aliphatic carbocycles. The molecule has 0 saturated carbocycles. The lowest BCUT2D eigenvalue weighted by molar-refractivity contribution is 0.604. The molecule has 1 atom stereocenters. The highest BCUT2D eigenvalue weighted by atomic mass is 79.9. The smallest absolute Gasteiger partial charge is 0.0772 e. The largest absolute Gasteiger partial charge is 0.308 e. The zero-order valence-electron chi connectivity index (χ0n) is 9.92. The van der Waals surface area contributed by atoms with Gasteiger partial charge in [-0.15, -0.1) is 0 Å². The number of aromatic nitrogens is 2. The van der Waals surface area contributed by atoms with Crippen molar-refractivity contribution in [2.45, 2.75) is 6.04 Å². The molecule has 1 unspecified atom stereocenters. The number of nitrogens with zero attached hydrogens (tertiary/aromatic N) is 2. The summed E-state index contributed by atoms with van der Waals surface area (Å²) in [5.41, 5.74) is 2.05. The Morgan fingerprint density at radius 3 is 2.67 bits per heavy atom. The first kappa shape index (κ1) is 14.1. The van der Waals surface area contributed by atoms with Crippen LogP contribution >= 0.6 is 43.5 Å². The Hall–Kier alpha value is -0.360. The molecule has 3 nitrogen and oxygen atoms in total. The maximum atomic E-state index is 6.29. The lowest BCUT2D eigenvalue weighted by atomic mass is 10.0. The third-order valence-electron chi connectivity index (χ3n) is 2.77. The number of halogens is 3. The molecule has 0 bridgehead atoms. The van der Waals surface area contributed by atoms with Crippen molar-refractivity contribution in [1.82, 2.24) is 15.1 Å². The van der Waals surface area contributed by atoms with Crippen molar-refractivity contribution >= 4 is 43.5 Å². The minimum atomic E-state index is -0.0168. The average Bonchev–Trinajstić information content (AvgIpc) is 2.66. The van der Waals surface area contributed by atoms with E-state index in [0.717, 1.165) is 25.2 Å². The van der Waals surface area contributed by atoms with E-state index in [9.17, 15) is 0 Å². The summed E-state index contributed by atoms with van der Waals surface area (Å²) < 4.78 is 3.79. The first-order valence-corrected chi connectivity index (χ1v) is 7.30. The van der Waals surface area contributed by atoms with Gasteiger partial charge in [-0.05, 0) is 46.7 Å². The van der Waals surface area contributed by atoms with Crippen LogP contribution in [0.5, 0.6) is 0 Å². The van der Waals surface area contributed by atoms with E-state index in [4.69, 9.17) is 11.6 Å². The SMILES string of the molecule is CNC(c1cc(Br)ccc1Cl)c1c(Br)cnn1C. The monoisotopic (exact) mass is 391 g/mol. The van der Waals surface area contributed by atoms with Crippen LogP contribution in [0.2, 0.25) is 5.02 Å². The van der Waals surface area contributed by atoms with Crippen LogP contribution in [0.15, 0.2) is 33.3 Å². The van der Waals surface area contributed by atoms with E-state index >= 15 is 0 Å². The molecule has 0 radical (unpaired) electrons. The molecule has 6 heteroatoms. The Balaban J connectivity index is 2.55. The maximum Gasteiger partial charge on any atom is 0.0772 e. The molecule has 0 aliphatic rings. The number of aryl methyl sites for hydroxylation is 1. The van der Waals surface area contributed by atoms with E-state index in [2.05, 4.69) is 42.3 Å². The molecule has 2 aromatic rings. The van der Waals surface area contributed by atoms with Crippen LogP contribution in [0.25, 0.3) is 0 Å². The van der Waals surface area contributed by atoms with Crippen LogP contribution in [-0.4, -0.2) is 16.8 Å². The summed E-state index contributed by atoms with van der Waals surface area (Å²) in [7, 11) is 3.82. The fourth-order valence-electron chi connectivity index (χ4n) is 1.92. The van der Waals surface area contributed by atoms with Gasteiger partial charge in [-0.2, -0.15) is 5.10 Å². The van der Waals surface area contributed by atoms with Gasteiger partial charge in [-0.25, -0.2) is 0 Å². The molecule has 2 rings (SSSR count). The van der Waals surface area contributed by atoms with Gasteiger partial charge in [-0.3, -0.25) is 4.68 Å². The van der Waals surface area contributed by atoms with Gasteiger partial charge >= 0.3 is 0 Å². The lowest BCUT2D eigenvalue weighted by Gasteiger charge is -2.19. The standard InChI is InChI=1S/C12H12Br2ClN3/c1-16-11(12-9(14)6-17-18(12)2)8-5-7(13)3-4-10(8)15/h3-6,11,16H,1-2H3.